The summed E-state index contributed by atoms with van der Waals surface area (Å²) in [4.78, 5) is 18.6. The average Bonchev–Trinajstić information content (AvgIpc) is 3.05. The maximum Gasteiger partial charge on any atom is 0.240 e. The van der Waals surface area contributed by atoms with E-state index in [1.54, 1.807) is 6.20 Å². The number of carbonyl (C=O) groups is 1. The molecule has 5 heteroatoms. The first-order valence-electron chi connectivity index (χ1n) is 7.14. The number of likely N-dealkylation sites (N-methyl/N-ethyl adjacent to an activating group) is 1. The Bertz CT molecular complexity index is 432. The molecule has 1 aromatic heterocycles. The topological polar surface area (TPSA) is 58.4 Å². The molecule has 19 heavy (non-hydrogen) atoms. The lowest BCUT2D eigenvalue weighted by atomic mass is 9.97. The third-order valence-corrected chi connectivity index (χ3v) is 4.58. The third kappa shape index (κ3) is 2.39. The smallest absolute Gasteiger partial charge is 0.240 e. The minimum atomic E-state index is -0.0477. The van der Waals surface area contributed by atoms with Gasteiger partial charge >= 0.3 is 0 Å². The Morgan fingerprint density at radius 3 is 3.05 bits per heavy atom. The van der Waals surface area contributed by atoms with E-state index in [-0.39, 0.29) is 11.9 Å². The Labute approximate surface area is 113 Å². The van der Waals surface area contributed by atoms with E-state index in [0.29, 0.717) is 18.5 Å². The van der Waals surface area contributed by atoms with Gasteiger partial charge in [-0.25, -0.2) is 4.98 Å². The molecule has 1 aromatic rings. The predicted octanol–water partition coefficient (Wildman–Crippen LogP) is 1.55. The summed E-state index contributed by atoms with van der Waals surface area (Å²) >= 11 is 0. The van der Waals surface area contributed by atoms with Gasteiger partial charge in [0.25, 0.3) is 0 Å². The van der Waals surface area contributed by atoms with E-state index in [1.165, 1.54) is 19.2 Å². The number of nitrogens with zero attached hydrogens (tertiary/aromatic N) is 2. The number of amides is 1. The quantitative estimate of drug-likeness (QED) is 0.899. The molecule has 1 aliphatic carbocycles. The number of aromatic nitrogens is 1. The molecule has 0 spiro atoms. The highest BCUT2D eigenvalue weighted by Crippen LogP contribution is 2.37. The van der Waals surface area contributed by atoms with Gasteiger partial charge in [-0.3, -0.25) is 4.79 Å². The Hall–Kier alpha value is -1.36. The molecule has 104 valence electrons. The number of hydrogen-bond acceptors (Lipinski definition) is 4. The van der Waals surface area contributed by atoms with Crippen LogP contribution in [0.5, 0.6) is 0 Å². The first-order chi connectivity index (χ1) is 9.29. The van der Waals surface area contributed by atoms with Gasteiger partial charge in [0.1, 0.15) is 5.76 Å². The molecule has 1 saturated heterocycles. The summed E-state index contributed by atoms with van der Waals surface area (Å²) in [5.41, 5.74) is 0. The fraction of sp³-hybridized carbons (Fsp3) is 0.714. The van der Waals surface area contributed by atoms with Crippen molar-refractivity contribution in [2.24, 2.45) is 5.92 Å². The number of hydrogen-bond donors (Lipinski definition) is 1. The van der Waals surface area contributed by atoms with Crippen LogP contribution in [0.4, 0.5) is 0 Å². The van der Waals surface area contributed by atoms with E-state index in [1.807, 2.05) is 11.9 Å². The fourth-order valence-electron chi connectivity index (χ4n) is 3.58. The van der Waals surface area contributed by atoms with Crippen LogP contribution in [0.25, 0.3) is 0 Å². The van der Waals surface area contributed by atoms with E-state index in [9.17, 15) is 4.79 Å². The lowest BCUT2D eigenvalue weighted by Gasteiger charge is -2.31. The number of likely N-dealkylation sites (tertiary alicyclic amines) is 1. The van der Waals surface area contributed by atoms with Gasteiger partial charge in [0, 0.05) is 6.04 Å². The first-order valence-corrected chi connectivity index (χ1v) is 7.14. The molecule has 0 radical (unpaired) electrons. The molecule has 3 atom stereocenters. The van der Waals surface area contributed by atoms with Gasteiger partial charge in [-0.15, -0.1) is 0 Å². The zero-order chi connectivity index (χ0) is 13.2. The first kappa shape index (κ1) is 12.7. The minimum Gasteiger partial charge on any atom is -0.447 e. The highest BCUT2D eigenvalue weighted by Gasteiger charge is 2.40. The van der Waals surface area contributed by atoms with Crippen LogP contribution in [0.15, 0.2) is 17.0 Å². The van der Waals surface area contributed by atoms with Gasteiger partial charge in [0.2, 0.25) is 5.91 Å². The fourth-order valence-corrected chi connectivity index (χ4v) is 3.58. The molecule has 5 nitrogen and oxygen atoms in total. The van der Waals surface area contributed by atoms with Gasteiger partial charge in [-0.05, 0) is 38.6 Å². The van der Waals surface area contributed by atoms with Gasteiger partial charge in [-0.1, -0.05) is 6.42 Å². The number of rotatable bonds is 3. The summed E-state index contributed by atoms with van der Waals surface area (Å²) in [7, 11) is 1.87. The van der Waals surface area contributed by atoms with E-state index >= 15 is 0 Å². The van der Waals surface area contributed by atoms with Crippen LogP contribution in [0.1, 0.15) is 37.9 Å². The van der Waals surface area contributed by atoms with Crippen molar-refractivity contribution in [2.45, 2.75) is 50.7 Å². The van der Waals surface area contributed by atoms with E-state index < -0.39 is 0 Å². The van der Waals surface area contributed by atoms with Crippen molar-refractivity contribution in [3.8, 4) is 0 Å². The Morgan fingerprint density at radius 2 is 2.32 bits per heavy atom. The molecule has 1 amide bonds. The molecule has 3 unspecified atom stereocenters. The summed E-state index contributed by atoms with van der Waals surface area (Å²) in [5, 5.41) is 3.16. The lowest BCUT2D eigenvalue weighted by molar-refractivity contribution is -0.136. The second-order valence-electron chi connectivity index (χ2n) is 5.61. The van der Waals surface area contributed by atoms with Crippen LogP contribution in [0.3, 0.4) is 0 Å². The van der Waals surface area contributed by atoms with Crippen LogP contribution >= 0.6 is 0 Å². The van der Waals surface area contributed by atoms with Gasteiger partial charge < -0.3 is 14.6 Å². The molecule has 1 aliphatic heterocycles. The largest absolute Gasteiger partial charge is 0.447 e. The molecule has 2 fully saturated rings. The number of fused-ring (bicyclic) bond motifs is 1. The summed E-state index contributed by atoms with van der Waals surface area (Å²) < 4.78 is 5.32. The monoisotopic (exact) mass is 263 g/mol. The second-order valence-corrected chi connectivity index (χ2v) is 5.61. The van der Waals surface area contributed by atoms with E-state index in [4.69, 9.17) is 4.42 Å². The maximum absolute atomic E-state index is 12.6. The molecule has 1 saturated carbocycles. The number of oxazole rings is 1. The van der Waals surface area contributed by atoms with Crippen LogP contribution in [0.2, 0.25) is 0 Å². The molecule has 1 N–H and O–H groups in total. The molecule has 0 aromatic carbocycles. The highest BCUT2D eigenvalue weighted by molar-refractivity contribution is 5.82. The Kier molecular flexibility index (Phi) is 3.55. The highest BCUT2D eigenvalue weighted by atomic mass is 16.3. The molecular weight excluding hydrogens is 242 g/mol. The number of carbonyl (C=O) groups excluding carboxylic acids is 1. The normalized spacial score (nSPS) is 31.3. The average molecular weight is 263 g/mol. The van der Waals surface area contributed by atoms with E-state index in [2.05, 4.69) is 10.3 Å². The van der Waals surface area contributed by atoms with Crippen molar-refractivity contribution >= 4 is 5.91 Å². The molecular formula is C14H21N3O2. The van der Waals surface area contributed by atoms with Gasteiger partial charge in [0.05, 0.1) is 18.8 Å². The van der Waals surface area contributed by atoms with Crippen LogP contribution in [0, 0.1) is 5.92 Å². The Morgan fingerprint density at radius 1 is 1.42 bits per heavy atom. The zero-order valence-electron chi connectivity index (χ0n) is 11.3. The van der Waals surface area contributed by atoms with Gasteiger partial charge in [0.15, 0.2) is 6.39 Å². The van der Waals surface area contributed by atoms with Crippen molar-refractivity contribution < 1.29 is 9.21 Å². The van der Waals surface area contributed by atoms with E-state index in [0.717, 1.165) is 25.0 Å². The van der Waals surface area contributed by atoms with Crippen molar-refractivity contribution in [3.63, 3.8) is 0 Å². The number of nitrogens with one attached hydrogen (secondary N) is 1. The van der Waals surface area contributed by atoms with Gasteiger partial charge in [-0.2, -0.15) is 0 Å². The zero-order valence-corrected chi connectivity index (χ0v) is 11.3. The molecule has 3 rings (SSSR count). The molecule has 2 aliphatic rings. The third-order valence-electron chi connectivity index (χ3n) is 4.58. The van der Waals surface area contributed by atoms with Crippen LogP contribution in [-0.4, -0.2) is 34.9 Å². The molecule has 2 heterocycles. The summed E-state index contributed by atoms with van der Waals surface area (Å²) in [6.07, 6.45) is 8.84. The second kappa shape index (κ2) is 5.33. The van der Waals surface area contributed by atoms with Crippen molar-refractivity contribution in [1.82, 2.24) is 15.2 Å². The molecule has 0 bridgehead atoms. The Balaban J connectivity index is 1.84. The van der Waals surface area contributed by atoms with Crippen molar-refractivity contribution in [1.29, 1.82) is 0 Å². The maximum atomic E-state index is 12.6. The minimum absolute atomic E-state index is 0.0477. The van der Waals surface area contributed by atoms with Crippen LogP contribution < -0.4 is 5.32 Å². The lowest BCUT2D eigenvalue weighted by Crippen LogP contribution is -2.47. The summed E-state index contributed by atoms with van der Waals surface area (Å²) in [6, 6.07) is 0.337. The standard InChI is InChI=1S/C14H21N3O2/c1-15-12-6-5-10-3-2-4-13(10)17(14(12)18)8-11-7-16-9-19-11/h7,9-10,12-13,15H,2-6,8H2,1H3. The van der Waals surface area contributed by atoms with Crippen LogP contribution in [-0.2, 0) is 11.3 Å². The predicted molar refractivity (Wildman–Crippen MR) is 70.3 cm³/mol. The summed E-state index contributed by atoms with van der Waals surface area (Å²) in [5.74, 6) is 1.65. The summed E-state index contributed by atoms with van der Waals surface area (Å²) in [6.45, 7) is 0.554. The van der Waals surface area contributed by atoms with Crippen molar-refractivity contribution in [3.05, 3.63) is 18.4 Å². The SMILES string of the molecule is CNC1CCC2CCCC2N(Cc2cnco2)C1=O. The van der Waals surface area contributed by atoms with Crippen molar-refractivity contribution in [2.75, 3.05) is 7.05 Å².